The fourth-order valence-electron chi connectivity index (χ4n) is 0.967. The Kier molecular flexibility index (Phi) is 4.02. The minimum atomic E-state index is -4.94. The molecule has 0 saturated heterocycles. The number of benzene rings is 1. The van der Waals surface area contributed by atoms with Gasteiger partial charge < -0.3 is 15.2 Å². The highest BCUT2D eigenvalue weighted by molar-refractivity contribution is 9.10. The quantitative estimate of drug-likeness (QED) is 0.684. The SMILES string of the molecule is Nc1cc(OC(F)(F)F)cc(OC(F)F)c1Br. The number of ether oxygens (including phenoxy) is 2. The van der Waals surface area contributed by atoms with Crippen molar-refractivity contribution in [1.29, 1.82) is 0 Å². The second kappa shape index (κ2) is 4.94. The Morgan fingerprint density at radius 3 is 2.29 bits per heavy atom. The van der Waals surface area contributed by atoms with E-state index in [-0.39, 0.29) is 10.2 Å². The number of nitrogen functional groups attached to an aromatic ring is 1. The predicted octanol–water partition coefficient (Wildman–Crippen LogP) is 3.53. The van der Waals surface area contributed by atoms with E-state index in [1.54, 1.807) is 0 Å². The van der Waals surface area contributed by atoms with Crippen LogP contribution >= 0.6 is 15.9 Å². The number of hydrogen-bond donors (Lipinski definition) is 1. The molecule has 0 bridgehead atoms. The lowest BCUT2D eigenvalue weighted by Gasteiger charge is -2.13. The Hall–Kier alpha value is -1.25. The predicted molar refractivity (Wildman–Crippen MR) is 51.9 cm³/mol. The number of rotatable bonds is 3. The van der Waals surface area contributed by atoms with Crippen LogP contribution in [0.5, 0.6) is 11.5 Å². The van der Waals surface area contributed by atoms with Crippen molar-refractivity contribution in [1.82, 2.24) is 0 Å². The zero-order chi connectivity index (χ0) is 13.2. The number of halogens is 6. The van der Waals surface area contributed by atoms with E-state index in [4.69, 9.17) is 5.73 Å². The first-order valence-electron chi connectivity index (χ1n) is 3.98. The molecule has 0 radical (unpaired) electrons. The van der Waals surface area contributed by atoms with Crippen molar-refractivity contribution >= 4 is 21.6 Å². The maximum absolute atomic E-state index is 12.0. The van der Waals surface area contributed by atoms with E-state index in [1.807, 2.05) is 0 Å². The molecule has 0 spiro atoms. The van der Waals surface area contributed by atoms with Crippen LogP contribution in [0.2, 0.25) is 0 Å². The molecule has 0 aliphatic carbocycles. The molecule has 1 rings (SSSR count). The van der Waals surface area contributed by atoms with Crippen molar-refractivity contribution in [2.75, 3.05) is 5.73 Å². The highest BCUT2D eigenvalue weighted by atomic mass is 79.9. The van der Waals surface area contributed by atoms with Gasteiger partial charge in [0.15, 0.2) is 0 Å². The van der Waals surface area contributed by atoms with Crippen molar-refractivity contribution in [2.45, 2.75) is 13.0 Å². The average Bonchev–Trinajstić information content (AvgIpc) is 2.09. The van der Waals surface area contributed by atoms with Crippen molar-refractivity contribution in [3.63, 3.8) is 0 Å². The minimum Gasteiger partial charge on any atom is -0.433 e. The lowest BCUT2D eigenvalue weighted by atomic mass is 10.3. The summed E-state index contributed by atoms with van der Waals surface area (Å²) in [6.07, 6.45) is -4.94. The van der Waals surface area contributed by atoms with E-state index in [1.165, 1.54) is 0 Å². The van der Waals surface area contributed by atoms with Gasteiger partial charge in [0.05, 0.1) is 10.2 Å². The molecular formula is C8H5BrF5NO2. The zero-order valence-electron chi connectivity index (χ0n) is 7.89. The molecule has 0 saturated carbocycles. The summed E-state index contributed by atoms with van der Waals surface area (Å²) in [5.74, 6) is -1.28. The molecule has 96 valence electrons. The highest BCUT2D eigenvalue weighted by Gasteiger charge is 2.31. The van der Waals surface area contributed by atoms with Crippen molar-refractivity contribution in [3.8, 4) is 11.5 Å². The van der Waals surface area contributed by atoms with E-state index < -0.39 is 24.5 Å². The first kappa shape index (κ1) is 13.8. The Bertz CT molecular complexity index is 410. The maximum atomic E-state index is 12.0. The third-order valence-electron chi connectivity index (χ3n) is 1.49. The van der Waals surface area contributed by atoms with Gasteiger partial charge in [-0.05, 0) is 15.9 Å². The number of nitrogens with two attached hydrogens (primary N) is 1. The summed E-state index contributed by atoms with van der Waals surface area (Å²) in [6, 6.07) is 1.48. The van der Waals surface area contributed by atoms with Crippen molar-refractivity contribution in [2.24, 2.45) is 0 Å². The third kappa shape index (κ3) is 4.25. The Balaban J connectivity index is 3.06. The van der Waals surface area contributed by atoms with Crippen LogP contribution in [0.15, 0.2) is 16.6 Å². The first-order valence-corrected chi connectivity index (χ1v) is 4.78. The molecule has 0 aromatic heterocycles. The van der Waals surface area contributed by atoms with Gasteiger partial charge in [0.1, 0.15) is 11.5 Å². The highest BCUT2D eigenvalue weighted by Crippen LogP contribution is 2.37. The number of alkyl halides is 5. The Morgan fingerprint density at radius 2 is 1.82 bits per heavy atom. The van der Waals surface area contributed by atoms with Crippen LogP contribution in [-0.4, -0.2) is 13.0 Å². The van der Waals surface area contributed by atoms with Gasteiger partial charge in [-0.2, -0.15) is 8.78 Å². The number of anilines is 1. The van der Waals surface area contributed by atoms with Crippen LogP contribution in [-0.2, 0) is 0 Å². The van der Waals surface area contributed by atoms with Gasteiger partial charge in [0.2, 0.25) is 0 Å². The molecule has 1 aromatic carbocycles. The molecule has 2 N–H and O–H groups in total. The summed E-state index contributed by atoms with van der Waals surface area (Å²) in [7, 11) is 0. The van der Waals surface area contributed by atoms with Crippen LogP contribution < -0.4 is 15.2 Å². The molecule has 0 heterocycles. The molecular weight excluding hydrogens is 317 g/mol. The lowest BCUT2D eigenvalue weighted by Crippen LogP contribution is -2.17. The van der Waals surface area contributed by atoms with E-state index in [9.17, 15) is 22.0 Å². The van der Waals surface area contributed by atoms with Crippen LogP contribution in [0.1, 0.15) is 0 Å². The topological polar surface area (TPSA) is 44.5 Å². The summed E-state index contributed by atoms with van der Waals surface area (Å²) in [5.41, 5.74) is 5.08. The standard InChI is InChI=1S/C8H5BrF5NO2/c9-6-4(15)1-3(17-8(12,13)14)2-5(6)16-7(10)11/h1-2,7H,15H2. The molecule has 3 nitrogen and oxygen atoms in total. The fraction of sp³-hybridized carbons (Fsp3) is 0.250. The smallest absolute Gasteiger partial charge is 0.433 e. The fourth-order valence-corrected chi connectivity index (χ4v) is 1.29. The van der Waals surface area contributed by atoms with E-state index in [0.29, 0.717) is 6.07 Å². The molecule has 0 aliphatic rings. The van der Waals surface area contributed by atoms with E-state index >= 15 is 0 Å². The van der Waals surface area contributed by atoms with Crippen LogP contribution in [0, 0.1) is 0 Å². The van der Waals surface area contributed by atoms with Crippen LogP contribution in [0.25, 0.3) is 0 Å². The van der Waals surface area contributed by atoms with E-state index in [0.717, 1.165) is 6.07 Å². The molecule has 9 heteroatoms. The molecule has 0 unspecified atom stereocenters. The summed E-state index contributed by atoms with van der Waals surface area (Å²) >= 11 is 2.80. The molecule has 0 amide bonds. The summed E-state index contributed by atoms with van der Waals surface area (Å²) in [4.78, 5) is 0. The Morgan fingerprint density at radius 1 is 1.24 bits per heavy atom. The van der Waals surface area contributed by atoms with Crippen molar-refractivity contribution < 1.29 is 31.4 Å². The molecule has 0 atom stereocenters. The van der Waals surface area contributed by atoms with Gasteiger partial charge >= 0.3 is 13.0 Å². The van der Waals surface area contributed by atoms with Gasteiger partial charge in [-0.3, -0.25) is 0 Å². The average molecular weight is 322 g/mol. The largest absolute Gasteiger partial charge is 0.573 e. The van der Waals surface area contributed by atoms with Gasteiger partial charge in [0.25, 0.3) is 0 Å². The Labute approximate surface area is 100 Å². The van der Waals surface area contributed by atoms with Gasteiger partial charge in [0, 0.05) is 12.1 Å². The normalized spacial score (nSPS) is 11.7. The molecule has 17 heavy (non-hydrogen) atoms. The van der Waals surface area contributed by atoms with Gasteiger partial charge in [-0.25, -0.2) is 0 Å². The second-order valence-corrected chi connectivity index (χ2v) is 3.54. The third-order valence-corrected chi connectivity index (χ3v) is 2.34. The lowest BCUT2D eigenvalue weighted by molar-refractivity contribution is -0.274. The van der Waals surface area contributed by atoms with Crippen LogP contribution in [0.4, 0.5) is 27.6 Å². The molecule has 1 aromatic rings. The first-order chi connectivity index (χ1) is 7.69. The minimum absolute atomic E-state index is 0.0766. The molecule has 0 aliphatic heterocycles. The summed E-state index contributed by atoms with van der Waals surface area (Å²) in [6.45, 7) is -3.19. The number of hydrogen-bond acceptors (Lipinski definition) is 3. The zero-order valence-corrected chi connectivity index (χ0v) is 9.48. The van der Waals surface area contributed by atoms with Gasteiger partial charge in [-0.1, -0.05) is 0 Å². The van der Waals surface area contributed by atoms with Crippen LogP contribution in [0.3, 0.4) is 0 Å². The van der Waals surface area contributed by atoms with Gasteiger partial charge in [-0.15, -0.1) is 13.2 Å². The summed E-state index contributed by atoms with van der Waals surface area (Å²) < 4.78 is 67.1. The second-order valence-electron chi connectivity index (χ2n) is 2.75. The van der Waals surface area contributed by atoms with Crippen molar-refractivity contribution in [3.05, 3.63) is 16.6 Å². The monoisotopic (exact) mass is 321 g/mol. The summed E-state index contributed by atoms with van der Waals surface area (Å²) in [5, 5.41) is 0. The molecule has 0 fully saturated rings. The van der Waals surface area contributed by atoms with E-state index in [2.05, 4.69) is 25.4 Å². The maximum Gasteiger partial charge on any atom is 0.573 e.